The van der Waals surface area contributed by atoms with Gasteiger partial charge in [0.05, 0.1) is 16.9 Å². The Morgan fingerprint density at radius 2 is 1.86 bits per heavy atom. The number of para-hydroxylation sites is 1. The summed E-state index contributed by atoms with van der Waals surface area (Å²) >= 11 is 0. The molecule has 11 heteroatoms. The average Bonchev–Trinajstić information content (AvgIpc) is 2.86. The number of carbonyl (C=O) groups is 2. The van der Waals surface area contributed by atoms with Crippen LogP contribution in [-0.2, 0) is 11.3 Å². The van der Waals surface area contributed by atoms with E-state index in [1.807, 2.05) is 26.8 Å². The number of hydrogen-bond acceptors (Lipinski definition) is 7. The van der Waals surface area contributed by atoms with E-state index in [1.54, 1.807) is 19.2 Å². The zero-order valence-corrected chi connectivity index (χ0v) is 20.8. The van der Waals surface area contributed by atoms with E-state index in [0.717, 1.165) is 5.56 Å². The number of benzene rings is 1. The second-order valence-corrected chi connectivity index (χ2v) is 8.84. The normalized spacial score (nSPS) is 11.9. The van der Waals surface area contributed by atoms with Crippen LogP contribution >= 0.6 is 0 Å². The van der Waals surface area contributed by atoms with Gasteiger partial charge in [-0.25, -0.2) is 9.78 Å². The highest BCUT2D eigenvalue weighted by Crippen LogP contribution is 2.19. The van der Waals surface area contributed by atoms with Gasteiger partial charge in [0.15, 0.2) is 5.49 Å². The highest BCUT2D eigenvalue weighted by Gasteiger charge is 2.23. The Morgan fingerprint density at radius 3 is 2.54 bits per heavy atom. The fraction of sp³-hybridized carbons (Fsp3) is 0.269. The van der Waals surface area contributed by atoms with E-state index >= 15 is 0 Å². The Labute approximate surface area is 210 Å². The van der Waals surface area contributed by atoms with Gasteiger partial charge in [-0.1, -0.05) is 32.0 Å². The van der Waals surface area contributed by atoms with E-state index in [2.05, 4.69) is 4.99 Å². The summed E-state index contributed by atoms with van der Waals surface area (Å²) in [5.74, 6) is -1.70. The van der Waals surface area contributed by atoms with Gasteiger partial charge in [-0.05, 0) is 43.5 Å². The zero-order valence-electron chi connectivity index (χ0n) is 20.8. The van der Waals surface area contributed by atoms with Gasteiger partial charge in [0.1, 0.15) is 22.4 Å². The standard InChI is InChI=1S/C26H25N5O6/c1-5-37-26(34)19-13-18-22(27-21-16(4)9-8-12-29(21)25(18)33)30(14-15(2)3)23(19)28-24(32)17-10-6-7-11-20(17)31(35)36/h6-13,15H,5,14H2,1-4H3. The van der Waals surface area contributed by atoms with Crippen molar-refractivity contribution in [3.8, 4) is 0 Å². The summed E-state index contributed by atoms with van der Waals surface area (Å²) < 4.78 is 8.14. The minimum atomic E-state index is -0.914. The van der Waals surface area contributed by atoms with Crippen LogP contribution in [0.1, 0.15) is 47.1 Å². The lowest BCUT2D eigenvalue weighted by Gasteiger charge is -2.17. The topological polar surface area (TPSA) is 138 Å². The van der Waals surface area contributed by atoms with Gasteiger partial charge in [0.2, 0.25) is 0 Å². The lowest BCUT2D eigenvalue weighted by atomic mass is 10.1. The van der Waals surface area contributed by atoms with Crippen LogP contribution in [0.25, 0.3) is 16.7 Å². The Morgan fingerprint density at radius 1 is 1.14 bits per heavy atom. The number of esters is 1. The van der Waals surface area contributed by atoms with Crippen LogP contribution in [0.3, 0.4) is 0 Å². The van der Waals surface area contributed by atoms with E-state index in [4.69, 9.17) is 9.72 Å². The van der Waals surface area contributed by atoms with Crippen LogP contribution in [0.5, 0.6) is 0 Å². The predicted octanol–water partition coefficient (Wildman–Crippen LogP) is 3.44. The van der Waals surface area contributed by atoms with Crippen molar-refractivity contribution < 1.29 is 19.2 Å². The number of aryl methyl sites for hydroxylation is 1. The number of nitrogens with zero attached hydrogens (tertiary/aromatic N) is 5. The number of nitro benzene ring substituents is 1. The first-order valence-corrected chi connectivity index (χ1v) is 11.7. The van der Waals surface area contributed by atoms with Crippen LogP contribution in [0.2, 0.25) is 0 Å². The van der Waals surface area contributed by atoms with Crippen molar-refractivity contribution in [2.45, 2.75) is 34.2 Å². The molecule has 0 atom stereocenters. The Kier molecular flexibility index (Phi) is 6.96. The number of pyridine rings is 2. The van der Waals surface area contributed by atoms with E-state index in [9.17, 15) is 24.5 Å². The number of hydrogen-bond donors (Lipinski definition) is 0. The van der Waals surface area contributed by atoms with E-state index in [-0.39, 0.29) is 46.7 Å². The number of ether oxygens (including phenoxy) is 1. The molecule has 0 spiro atoms. The number of rotatable bonds is 6. The van der Waals surface area contributed by atoms with Crippen molar-refractivity contribution in [2.24, 2.45) is 10.9 Å². The van der Waals surface area contributed by atoms with Crippen molar-refractivity contribution in [1.29, 1.82) is 0 Å². The van der Waals surface area contributed by atoms with Crippen LogP contribution in [0.15, 0.2) is 58.4 Å². The maximum Gasteiger partial charge on any atom is 0.341 e. The third kappa shape index (κ3) is 4.75. The molecule has 3 heterocycles. The lowest BCUT2D eigenvalue weighted by Crippen LogP contribution is -2.34. The van der Waals surface area contributed by atoms with E-state index < -0.39 is 28.0 Å². The van der Waals surface area contributed by atoms with Gasteiger partial charge < -0.3 is 9.30 Å². The number of amides is 1. The molecule has 190 valence electrons. The molecular formula is C26H25N5O6. The van der Waals surface area contributed by atoms with E-state index in [0.29, 0.717) is 5.65 Å². The maximum absolute atomic E-state index is 13.5. The summed E-state index contributed by atoms with van der Waals surface area (Å²) in [6, 6.07) is 10.3. The smallest absolute Gasteiger partial charge is 0.341 e. The van der Waals surface area contributed by atoms with Gasteiger partial charge in [0, 0.05) is 18.8 Å². The molecule has 1 aromatic carbocycles. The molecule has 0 radical (unpaired) electrons. The van der Waals surface area contributed by atoms with Gasteiger partial charge >= 0.3 is 5.97 Å². The first-order valence-electron chi connectivity index (χ1n) is 11.7. The van der Waals surface area contributed by atoms with E-state index in [1.165, 1.54) is 39.3 Å². The SMILES string of the molecule is CCOC(=O)c1cc2c(=O)n3cccc(C)c3nc2n(CC(C)C)c1=NC(=O)c1ccccc1[N+](=O)[O-]. The van der Waals surface area contributed by atoms with Crippen molar-refractivity contribution in [1.82, 2.24) is 14.0 Å². The molecule has 0 aliphatic rings. The van der Waals surface area contributed by atoms with Crippen molar-refractivity contribution >= 4 is 34.2 Å². The van der Waals surface area contributed by atoms with Crippen LogP contribution < -0.4 is 11.0 Å². The van der Waals surface area contributed by atoms with Crippen LogP contribution in [0, 0.1) is 23.0 Å². The molecule has 4 rings (SSSR count). The lowest BCUT2D eigenvalue weighted by molar-refractivity contribution is -0.385. The molecule has 1 amide bonds. The molecule has 0 aliphatic heterocycles. The fourth-order valence-corrected chi connectivity index (χ4v) is 4.07. The van der Waals surface area contributed by atoms with Gasteiger partial charge in [0.25, 0.3) is 17.2 Å². The summed E-state index contributed by atoms with van der Waals surface area (Å²) in [6.45, 7) is 7.58. The Balaban J connectivity index is 2.17. The molecule has 0 N–H and O–H groups in total. The van der Waals surface area contributed by atoms with Gasteiger partial charge in [-0.3, -0.25) is 24.1 Å². The highest BCUT2D eigenvalue weighted by molar-refractivity contribution is 6.00. The quantitative estimate of drug-likeness (QED) is 0.170. The number of carbonyl (C=O) groups excluding carboxylic acids is 2. The minimum Gasteiger partial charge on any atom is -0.462 e. The summed E-state index contributed by atoms with van der Waals surface area (Å²) in [5, 5.41) is 11.6. The fourth-order valence-electron chi connectivity index (χ4n) is 4.07. The number of aromatic nitrogens is 3. The summed E-state index contributed by atoms with van der Waals surface area (Å²) in [5.41, 5.74) is 0.141. The number of nitro groups is 1. The summed E-state index contributed by atoms with van der Waals surface area (Å²) in [7, 11) is 0. The number of fused-ring (bicyclic) bond motifs is 2. The van der Waals surface area contributed by atoms with Crippen LogP contribution in [0.4, 0.5) is 5.69 Å². The first-order chi connectivity index (χ1) is 17.6. The molecule has 0 saturated heterocycles. The molecule has 4 aromatic rings. The van der Waals surface area contributed by atoms with Crippen molar-refractivity contribution in [3.63, 3.8) is 0 Å². The molecule has 0 bridgehead atoms. The minimum absolute atomic E-state index is 0.00196. The van der Waals surface area contributed by atoms with Crippen molar-refractivity contribution in [2.75, 3.05) is 6.61 Å². The third-order valence-corrected chi connectivity index (χ3v) is 5.69. The molecule has 0 aliphatic carbocycles. The molecule has 0 fully saturated rings. The average molecular weight is 504 g/mol. The van der Waals surface area contributed by atoms with Crippen LogP contribution in [-0.4, -0.2) is 37.4 Å². The second-order valence-electron chi connectivity index (χ2n) is 8.84. The predicted molar refractivity (Wildman–Crippen MR) is 135 cm³/mol. The Bertz CT molecular complexity index is 1700. The molecule has 37 heavy (non-hydrogen) atoms. The maximum atomic E-state index is 13.5. The monoisotopic (exact) mass is 503 g/mol. The summed E-state index contributed by atoms with van der Waals surface area (Å²) in [6.07, 6.45) is 1.59. The molecule has 11 nitrogen and oxygen atoms in total. The third-order valence-electron chi connectivity index (χ3n) is 5.69. The summed E-state index contributed by atoms with van der Waals surface area (Å²) in [4.78, 5) is 59.5. The molecule has 0 saturated carbocycles. The second kappa shape index (κ2) is 10.1. The Hall–Kier alpha value is -4.67. The molecule has 3 aromatic heterocycles. The first kappa shape index (κ1) is 25.4. The molecular weight excluding hydrogens is 478 g/mol. The zero-order chi connectivity index (χ0) is 26.9. The highest BCUT2D eigenvalue weighted by atomic mass is 16.6. The largest absolute Gasteiger partial charge is 0.462 e. The van der Waals surface area contributed by atoms with Gasteiger partial charge in [-0.15, -0.1) is 0 Å². The van der Waals surface area contributed by atoms with Crippen molar-refractivity contribution in [3.05, 3.63) is 91.3 Å². The molecule has 0 unspecified atom stereocenters. The van der Waals surface area contributed by atoms with Gasteiger partial charge in [-0.2, -0.15) is 4.99 Å².